The largest absolute Gasteiger partial charge is 0.479 e. The number of hydrogen-bond acceptors (Lipinski definition) is 5. The molecule has 184 valence electrons. The number of rotatable bonds is 8. The maximum atomic E-state index is 12.8. The van der Waals surface area contributed by atoms with E-state index < -0.39 is 36.0 Å². The van der Waals surface area contributed by atoms with Crippen LogP contribution in [-0.2, 0) is 19.2 Å². The number of alkyl carbamates (subject to hydrolysis) is 1. The van der Waals surface area contributed by atoms with Crippen molar-refractivity contribution in [1.82, 2.24) is 10.8 Å². The topological polar surface area (TPSA) is 114 Å². The highest BCUT2D eigenvalue weighted by Crippen LogP contribution is 2.44. The van der Waals surface area contributed by atoms with E-state index in [-0.39, 0.29) is 18.4 Å². The summed E-state index contributed by atoms with van der Waals surface area (Å²) >= 11 is 0. The molecule has 2 saturated carbocycles. The van der Waals surface area contributed by atoms with Gasteiger partial charge in [0, 0.05) is 12.0 Å². The van der Waals surface area contributed by atoms with Crippen LogP contribution in [0.3, 0.4) is 0 Å². The molecule has 0 saturated heterocycles. The number of carbonyl (C=O) groups excluding carboxylic acids is 2. The predicted molar refractivity (Wildman–Crippen MR) is 127 cm³/mol. The normalized spacial score (nSPS) is 21.9. The molecule has 35 heavy (non-hydrogen) atoms. The van der Waals surface area contributed by atoms with Crippen molar-refractivity contribution in [3.05, 3.63) is 59.7 Å². The molecule has 3 unspecified atom stereocenters. The summed E-state index contributed by atoms with van der Waals surface area (Å²) in [5.41, 5.74) is 6.94. The summed E-state index contributed by atoms with van der Waals surface area (Å²) in [4.78, 5) is 42.1. The Kier molecular flexibility index (Phi) is 6.72. The zero-order chi connectivity index (χ0) is 24.4. The van der Waals surface area contributed by atoms with E-state index in [2.05, 4.69) is 35.1 Å². The Labute approximate surface area is 204 Å². The molecule has 2 amide bonds. The second-order valence-electron chi connectivity index (χ2n) is 9.65. The lowest BCUT2D eigenvalue weighted by molar-refractivity contribution is -0.164. The minimum atomic E-state index is -1.08. The first-order valence-electron chi connectivity index (χ1n) is 12.3. The van der Waals surface area contributed by atoms with Crippen LogP contribution < -0.4 is 10.8 Å². The van der Waals surface area contributed by atoms with Crippen molar-refractivity contribution >= 4 is 18.0 Å². The third-order valence-electron chi connectivity index (χ3n) is 7.33. The van der Waals surface area contributed by atoms with Gasteiger partial charge in [0.2, 0.25) is 5.91 Å². The van der Waals surface area contributed by atoms with E-state index in [9.17, 15) is 19.5 Å². The van der Waals surface area contributed by atoms with Gasteiger partial charge in [0.05, 0.1) is 5.92 Å². The van der Waals surface area contributed by atoms with Crippen molar-refractivity contribution in [3.63, 3.8) is 0 Å². The summed E-state index contributed by atoms with van der Waals surface area (Å²) in [6.07, 6.45) is 2.95. The minimum absolute atomic E-state index is 0.0395. The number of carboxylic acids is 1. The number of ether oxygens (including phenoxy) is 1. The fourth-order valence-electron chi connectivity index (χ4n) is 5.35. The standard InChI is InChI=1S/C27H30N2O6/c30-25(29-35-24(26(31)32)16-13-14-16)21-11-5-6-12-23(21)28-27(33)34-15-22-19-9-3-1-7-17(19)18-8-2-4-10-20(18)22/h1-4,7-10,16,21-24H,5-6,11-15H2,(H,28,33)(H,29,30)(H,31,32). The molecule has 0 bridgehead atoms. The molecule has 0 spiro atoms. The summed E-state index contributed by atoms with van der Waals surface area (Å²) in [5, 5.41) is 12.2. The maximum Gasteiger partial charge on any atom is 0.407 e. The molecule has 3 aliphatic carbocycles. The fraction of sp³-hybridized carbons (Fsp3) is 0.444. The summed E-state index contributed by atoms with van der Waals surface area (Å²) in [5.74, 6) is -2.08. The number of fused-ring (bicyclic) bond motifs is 3. The van der Waals surface area contributed by atoms with Crippen LogP contribution in [0, 0.1) is 11.8 Å². The molecule has 8 heteroatoms. The molecule has 0 aliphatic heterocycles. The van der Waals surface area contributed by atoms with E-state index in [1.165, 1.54) is 0 Å². The summed E-state index contributed by atoms with van der Waals surface area (Å²) in [6.45, 7) is 0.203. The molecule has 2 aromatic carbocycles. The molecule has 5 rings (SSSR count). The number of hydrogen-bond donors (Lipinski definition) is 3. The Morgan fingerprint density at radius 1 is 0.914 bits per heavy atom. The molecular weight excluding hydrogens is 448 g/mol. The van der Waals surface area contributed by atoms with Gasteiger partial charge in [0.25, 0.3) is 0 Å². The Morgan fingerprint density at radius 3 is 2.17 bits per heavy atom. The van der Waals surface area contributed by atoms with Gasteiger partial charge >= 0.3 is 12.1 Å². The van der Waals surface area contributed by atoms with Crippen LogP contribution in [0.4, 0.5) is 4.79 Å². The molecule has 8 nitrogen and oxygen atoms in total. The molecule has 2 fully saturated rings. The van der Waals surface area contributed by atoms with Gasteiger partial charge in [-0.1, -0.05) is 61.4 Å². The molecule has 2 aromatic rings. The molecule has 3 aliphatic rings. The zero-order valence-corrected chi connectivity index (χ0v) is 19.4. The van der Waals surface area contributed by atoms with E-state index in [0.29, 0.717) is 12.8 Å². The fourth-order valence-corrected chi connectivity index (χ4v) is 5.35. The highest BCUT2D eigenvalue weighted by atomic mass is 16.7. The van der Waals surface area contributed by atoms with Crippen LogP contribution in [0.15, 0.2) is 48.5 Å². The smallest absolute Gasteiger partial charge is 0.407 e. The maximum absolute atomic E-state index is 12.8. The van der Waals surface area contributed by atoms with Gasteiger partial charge in [-0.25, -0.2) is 15.1 Å². The van der Waals surface area contributed by atoms with Gasteiger partial charge < -0.3 is 15.2 Å². The first-order chi connectivity index (χ1) is 17.0. The van der Waals surface area contributed by atoms with Crippen molar-refractivity contribution < 1.29 is 29.1 Å². The van der Waals surface area contributed by atoms with E-state index in [4.69, 9.17) is 9.57 Å². The van der Waals surface area contributed by atoms with Crippen LogP contribution >= 0.6 is 0 Å². The van der Waals surface area contributed by atoms with Gasteiger partial charge in [-0.05, 0) is 53.9 Å². The number of nitrogens with one attached hydrogen (secondary N) is 2. The van der Waals surface area contributed by atoms with Gasteiger partial charge in [-0.15, -0.1) is 0 Å². The van der Waals surface area contributed by atoms with E-state index in [1.54, 1.807) is 0 Å². The Balaban J connectivity index is 1.18. The number of carbonyl (C=O) groups is 3. The second-order valence-corrected chi connectivity index (χ2v) is 9.65. The Morgan fingerprint density at radius 2 is 1.54 bits per heavy atom. The minimum Gasteiger partial charge on any atom is -0.479 e. The van der Waals surface area contributed by atoms with E-state index in [1.807, 2.05) is 24.3 Å². The predicted octanol–water partition coefficient (Wildman–Crippen LogP) is 3.99. The highest BCUT2D eigenvalue weighted by molar-refractivity contribution is 5.81. The number of carboxylic acid groups (broad SMARTS) is 1. The molecule has 3 atom stereocenters. The first kappa shape index (κ1) is 23.4. The average molecular weight is 479 g/mol. The Hall–Kier alpha value is -3.39. The third-order valence-corrected chi connectivity index (χ3v) is 7.33. The van der Waals surface area contributed by atoms with Crippen LogP contribution in [0.5, 0.6) is 0 Å². The SMILES string of the molecule is O=C(NC1CCCCC1C(=O)NOC(C(=O)O)C1CC1)OCC1c2ccccc2-c2ccccc21. The number of amides is 2. The van der Waals surface area contributed by atoms with Crippen LogP contribution in [-0.4, -0.2) is 41.8 Å². The van der Waals surface area contributed by atoms with Crippen molar-refractivity contribution in [3.8, 4) is 11.1 Å². The Bertz CT molecular complexity index is 1070. The monoisotopic (exact) mass is 478 g/mol. The molecule has 3 N–H and O–H groups in total. The molecule has 0 heterocycles. The second kappa shape index (κ2) is 10.1. The summed E-state index contributed by atoms with van der Waals surface area (Å²) in [6, 6.07) is 15.9. The lowest BCUT2D eigenvalue weighted by atomic mass is 9.84. The lowest BCUT2D eigenvalue weighted by Crippen LogP contribution is -2.49. The van der Waals surface area contributed by atoms with Gasteiger partial charge in [0.1, 0.15) is 6.61 Å². The van der Waals surface area contributed by atoms with Gasteiger partial charge in [-0.3, -0.25) is 9.63 Å². The quantitative estimate of drug-likeness (QED) is 0.494. The van der Waals surface area contributed by atoms with Crippen LogP contribution in [0.1, 0.15) is 55.6 Å². The lowest BCUT2D eigenvalue weighted by Gasteiger charge is -2.31. The van der Waals surface area contributed by atoms with Gasteiger partial charge in [-0.2, -0.15) is 0 Å². The highest BCUT2D eigenvalue weighted by Gasteiger charge is 2.39. The van der Waals surface area contributed by atoms with Gasteiger partial charge in [0.15, 0.2) is 6.10 Å². The van der Waals surface area contributed by atoms with E-state index >= 15 is 0 Å². The summed E-state index contributed by atoms with van der Waals surface area (Å²) in [7, 11) is 0. The third kappa shape index (κ3) is 5.03. The van der Waals surface area contributed by atoms with E-state index in [0.717, 1.165) is 47.9 Å². The summed E-state index contributed by atoms with van der Waals surface area (Å²) < 4.78 is 5.65. The molecule has 0 aromatic heterocycles. The molecule has 0 radical (unpaired) electrons. The first-order valence-corrected chi connectivity index (χ1v) is 12.3. The number of aliphatic carboxylic acids is 1. The van der Waals surface area contributed by atoms with Crippen molar-refractivity contribution in [2.24, 2.45) is 11.8 Å². The van der Waals surface area contributed by atoms with Crippen LogP contribution in [0.25, 0.3) is 11.1 Å². The van der Waals surface area contributed by atoms with Crippen molar-refractivity contribution in [2.75, 3.05) is 6.61 Å². The molecular formula is C27H30N2O6. The van der Waals surface area contributed by atoms with Crippen LogP contribution in [0.2, 0.25) is 0 Å². The van der Waals surface area contributed by atoms with Crippen molar-refractivity contribution in [1.29, 1.82) is 0 Å². The average Bonchev–Trinajstić information content (AvgIpc) is 3.65. The number of hydroxylamine groups is 1. The number of benzene rings is 2. The van der Waals surface area contributed by atoms with Crippen molar-refractivity contribution in [2.45, 2.75) is 56.6 Å². The zero-order valence-electron chi connectivity index (χ0n) is 19.4.